The van der Waals surface area contributed by atoms with Gasteiger partial charge in [-0.1, -0.05) is 55.6 Å². The van der Waals surface area contributed by atoms with Crippen LogP contribution in [0, 0.1) is 0 Å². The molecule has 0 bridgehead atoms. The first-order valence-electron chi connectivity index (χ1n) is 6.74. The minimum atomic E-state index is -1.22. The van der Waals surface area contributed by atoms with E-state index in [9.17, 15) is 14.4 Å². The molecule has 1 fully saturated rings. The van der Waals surface area contributed by atoms with Crippen LogP contribution in [-0.4, -0.2) is 35.7 Å². The van der Waals surface area contributed by atoms with E-state index in [1.807, 2.05) is 36.4 Å². The van der Waals surface area contributed by atoms with Crippen molar-refractivity contribution in [3.8, 4) is 0 Å². The molecule has 1 heterocycles. The van der Waals surface area contributed by atoms with E-state index in [2.05, 4.69) is 22.6 Å². The SMILES string of the molecule is C=CCOC(=O)C(=C)C.O=C1CC(O)C(=O)O1.c1ccccc1. The summed E-state index contributed by atoms with van der Waals surface area (Å²) in [6, 6.07) is 12.0. The average Bonchev–Trinajstić information content (AvgIpc) is 2.83. The van der Waals surface area contributed by atoms with Crippen molar-refractivity contribution in [3.63, 3.8) is 0 Å². The third-order valence-electron chi connectivity index (χ3n) is 2.19. The molecule has 0 aromatic heterocycles. The van der Waals surface area contributed by atoms with E-state index in [4.69, 9.17) is 5.11 Å². The highest BCUT2D eigenvalue weighted by molar-refractivity contribution is 5.95. The molecule has 6 nitrogen and oxygen atoms in total. The van der Waals surface area contributed by atoms with Crippen LogP contribution in [0.3, 0.4) is 0 Å². The molecule has 0 spiro atoms. The van der Waals surface area contributed by atoms with Crippen LogP contribution in [0.1, 0.15) is 13.3 Å². The zero-order valence-electron chi connectivity index (χ0n) is 12.9. The van der Waals surface area contributed by atoms with E-state index in [1.165, 1.54) is 6.08 Å². The quantitative estimate of drug-likeness (QED) is 0.395. The van der Waals surface area contributed by atoms with Gasteiger partial charge in [0, 0.05) is 5.57 Å². The van der Waals surface area contributed by atoms with Crippen LogP contribution < -0.4 is 0 Å². The largest absolute Gasteiger partial charge is 0.458 e. The van der Waals surface area contributed by atoms with E-state index in [0.29, 0.717) is 5.57 Å². The fourth-order valence-electron chi connectivity index (χ4n) is 1.11. The molecule has 124 valence electrons. The molecule has 1 aliphatic rings. The molecular weight excluding hydrogens is 300 g/mol. The van der Waals surface area contributed by atoms with E-state index >= 15 is 0 Å². The normalized spacial score (nSPS) is 15.1. The Hall–Kier alpha value is -2.73. The van der Waals surface area contributed by atoms with Gasteiger partial charge in [-0.2, -0.15) is 0 Å². The van der Waals surface area contributed by atoms with Crippen molar-refractivity contribution >= 4 is 17.9 Å². The van der Waals surface area contributed by atoms with E-state index < -0.39 is 18.0 Å². The predicted octanol–water partition coefficient (Wildman–Crippen LogP) is 1.80. The number of benzene rings is 1. The van der Waals surface area contributed by atoms with Gasteiger partial charge in [0.05, 0.1) is 6.42 Å². The van der Waals surface area contributed by atoms with Crippen LogP contribution in [0.15, 0.2) is 61.2 Å². The van der Waals surface area contributed by atoms with Crippen LogP contribution in [0.25, 0.3) is 0 Å². The fraction of sp³-hybridized carbons (Fsp3) is 0.235. The molecule has 23 heavy (non-hydrogen) atoms. The van der Waals surface area contributed by atoms with Gasteiger partial charge in [0.2, 0.25) is 0 Å². The molecule has 0 radical (unpaired) electrons. The summed E-state index contributed by atoms with van der Waals surface area (Å²) in [6.07, 6.45) is 0.0992. The van der Waals surface area contributed by atoms with Crippen molar-refractivity contribution in [2.75, 3.05) is 6.61 Å². The third kappa shape index (κ3) is 10.6. The van der Waals surface area contributed by atoms with Gasteiger partial charge in [0.15, 0.2) is 6.10 Å². The zero-order chi connectivity index (χ0) is 17.7. The van der Waals surface area contributed by atoms with Gasteiger partial charge in [-0.15, -0.1) is 0 Å². The lowest BCUT2D eigenvalue weighted by Gasteiger charge is -1.97. The van der Waals surface area contributed by atoms with Crippen LogP contribution in [0.4, 0.5) is 0 Å². The van der Waals surface area contributed by atoms with Gasteiger partial charge in [-0.25, -0.2) is 9.59 Å². The molecule has 6 heteroatoms. The highest BCUT2D eigenvalue weighted by atomic mass is 16.6. The minimum Gasteiger partial charge on any atom is -0.458 e. The topological polar surface area (TPSA) is 89.9 Å². The number of ether oxygens (including phenoxy) is 2. The lowest BCUT2D eigenvalue weighted by atomic mass is 10.3. The van der Waals surface area contributed by atoms with Gasteiger partial charge in [0.25, 0.3) is 0 Å². The van der Waals surface area contributed by atoms with Gasteiger partial charge in [-0.05, 0) is 6.92 Å². The summed E-state index contributed by atoms with van der Waals surface area (Å²) in [7, 11) is 0. The second kappa shape index (κ2) is 11.9. The molecule has 2 rings (SSSR count). The van der Waals surface area contributed by atoms with Crippen molar-refractivity contribution in [3.05, 3.63) is 61.2 Å². The number of carbonyl (C=O) groups excluding carboxylic acids is 3. The molecule has 1 aromatic rings. The second-order valence-corrected chi connectivity index (χ2v) is 4.34. The van der Waals surface area contributed by atoms with Gasteiger partial charge in [-0.3, -0.25) is 4.79 Å². The Morgan fingerprint density at radius 3 is 2.00 bits per heavy atom. The summed E-state index contributed by atoms with van der Waals surface area (Å²) in [5.74, 6) is -1.85. The Labute approximate surface area is 135 Å². The van der Waals surface area contributed by atoms with E-state index in [0.717, 1.165) is 0 Å². The summed E-state index contributed by atoms with van der Waals surface area (Å²) < 4.78 is 8.54. The maximum Gasteiger partial charge on any atom is 0.343 e. The molecule has 1 saturated heterocycles. The van der Waals surface area contributed by atoms with Crippen molar-refractivity contribution in [1.29, 1.82) is 0 Å². The lowest BCUT2D eigenvalue weighted by molar-refractivity contribution is -0.154. The minimum absolute atomic E-state index is 0.196. The first kappa shape index (κ1) is 20.3. The fourth-order valence-corrected chi connectivity index (χ4v) is 1.11. The maximum absolute atomic E-state index is 10.5. The highest BCUT2D eigenvalue weighted by Gasteiger charge is 2.30. The van der Waals surface area contributed by atoms with Crippen molar-refractivity contribution in [2.45, 2.75) is 19.4 Å². The Morgan fingerprint density at radius 1 is 1.30 bits per heavy atom. The van der Waals surface area contributed by atoms with E-state index in [-0.39, 0.29) is 19.0 Å². The van der Waals surface area contributed by atoms with Gasteiger partial charge in [0.1, 0.15) is 6.61 Å². The third-order valence-corrected chi connectivity index (χ3v) is 2.19. The number of carbonyl (C=O) groups is 3. The number of rotatable bonds is 3. The summed E-state index contributed by atoms with van der Waals surface area (Å²) in [5.41, 5.74) is 0.414. The molecule has 1 atom stereocenters. The lowest BCUT2D eigenvalue weighted by Crippen LogP contribution is -2.11. The van der Waals surface area contributed by atoms with Crippen molar-refractivity contribution in [2.24, 2.45) is 0 Å². The van der Waals surface area contributed by atoms with Gasteiger partial charge < -0.3 is 14.6 Å². The Kier molecular flexibility index (Phi) is 10.5. The number of esters is 3. The van der Waals surface area contributed by atoms with Gasteiger partial charge >= 0.3 is 17.9 Å². The first-order chi connectivity index (χ1) is 10.9. The maximum atomic E-state index is 10.5. The number of hydrogen-bond acceptors (Lipinski definition) is 6. The number of aliphatic hydroxyl groups is 1. The molecule has 1 aliphatic heterocycles. The smallest absolute Gasteiger partial charge is 0.343 e. The average molecular weight is 320 g/mol. The number of aliphatic hydroxyl groups excluding tert-OH is 1. The van der Waals surface area contributed by atoms with Crippen LogP contribution in [0.5, 0.6) is 0 Å². The molecule has 0 amide bonds. The molecule has 1 aromatic carbocycles. The molecule has 1 N–H and O–H groups in total. The predicted molar refractivity (Wildman–Crippen MR) is 84.1 cm³/mol. The van der Waals surface area contributed by atoms with E-state index in [1.54, 1.807) is 6.92 Å². The first-order valence-corrected chi connectivity index (χ1v) is 6.74. The standard InChI is InChI=1S/C7H10O2.C6H6.C4H4O4/c1-4-5-9-7(8)6(2)3;1-2-4-6-5-3-1;5-2-1-3(6)8-4(2)7/h4H,1-2,5H2,3H3;1-6H;2,5H,1H2. The number of cyclic esters (lactones) is 2. The Balaban J connectivity index is 0.000000321. The zero-order valence-corrected chi connectivity index (χ0v) is 12.9. The second-order valence-electron chi connectivity index (χ2n) is 4.34. The summed E-state index contributed by atoms with van der Waals surface area (Å²) in [4.78, 5) is 30.7. The van der Waals surface area contributed by atoms with Crippen molar-refractivity contribution in [1.82, 2.24) is 0 Å². The highest BCUT2D eigenvalue weighted by Crippen LogP contribution is 2.05. The summed E-state index contributed by atoms with van der Waals surface area (Å²) >= 11 is 0. The van der Waals surface area contributed by atoms with Crippen LogP contribution in [-0.2, 0) is 23.9 Å². The van der Waals surface area contributed by atoms with Crippen molar-refractivity contribution < 1.29 is 29.0 Å². The Morgan fingerprint density at radius 2 is 1.78 bits per heavy atom. The molecule has 0 aliphatic carbocycles. The molecular formula is C17H20O6. The Bertz CT molecular complexity index is 509. The van der Waals surface area contributed by atoms with Crippen LogP contribution >= 0.6 is 0 Å². The monoisotopic (exact) mass is 320 g/mol. The summed E-state index contributed by atoms with van der Waals surface area (Å²) in [5, 5.41) is 8.47. The molecule has 1 unspecified atom stereocenters. The van der Waals surface area contributed by atoms with Crippen LogP contribution in [0.2, 0.25) is 0 Å². The summed E-state index contributed by atoms with van der Waals surface area (Å²) in [6.45, 7) is 8.64. The molecule has 0 saturated carbocycles. The number of hydrogen-bond donors (Lipinski definition) is 1.